The van der Waals surface area contributed by atoms with Crippen molar-refractivity contribution in [1.82, 2.24) is 10.9 Å². The highest BCUT2D eigenvalue weighted by atomic mass is 79.9. The van der Waals surface area contributed by atoms with Crippen LogP contribution < -0.4 is 29.8 Å². The van der Waals surface area contributed by atoms with Gasteiger partial charge in [-0.25, -0.2) is 10.4 Å². The van der Waals surface area contributed by atoms with Crippen LogP contribution >= 0.6 is 15.9 Å². The van der Waals surface area contributed by atoms with Crippen molar-refractivity contribution in [2.75, 3.05) is 34.5 Å². The molecular weight excluding hydrogens is 666 g/mol. The molecule has 4 aromatic carbocycles. The summed E-state index contributed by atoms with van der Waals surface area (Å²) in [6.07, 6.45) is -0.0585. The Balaban J connectivity index is 1.54. The van der Waals surface area contributed by atoms with Gasteiger partial charge in [0.05, 0.1) is 27.9 Å². The molecule has 246 valence electrons. The Morgan fingerprint density at radius 3 is 2.40 bits per heavy atom. The number of aliphatic hydroxyl groups is 1. The smallest absolute Gasteiger partial charge is 0.266 e. The molecule has 1 aliphatic heterocycles. The van der Waals surface area contributed by atoms with Gasteiger partial charge in [-0.3, -0.25) is 10.2 Å². The summed E-state index contributed by atoms with van der Waals surface area (Å²) in [4.78, 5) is 19.7. The molecule has 11 heteroatoms. The first-order chi connectivity index (χ1) is 22.9. The second-order valence-corrected chi connectivity index (χ2v) is 11.6. The summed E-state index contributed by atoms with van der Waals surface area (Å²) in [7, 11) is 4.75. The number of carbonyl (C=O) groups is 1. The maximum atomic E-state index is 14.6. The van der Waals surface area contributed by atoms with Gasteiger partial charge in [0.25, 0.3) is 5.91 Å². The number of nitrogens with one attached hydrogen (secondary N) is 2. The highest BCUT2D eigenvalue weighted by Gasteiger charge is 2.53. The van der Waals surface area contributed by atoms with E-state index in [0.29, 0.717) is 47.5 Å². The normalized spacial score (nSPS) is 17.0. The number of carbonyl (C=O) groups excluding carboxylic acids is 1. The molecule has 0 aliphatic carbocycles. The fourth-order valence-electron chi connectivity index (χ4n) is 5.44. The minimum atomic E-state index is -1.44. The number of aliphatic hydroxyl groups excluding tert-OH is 1. The second kappa shape index (κ2) is 15.8. The number of aliphatic imine (C=N–C) groups is 1. The van der Waals surface area contributed by atoms with E-state index in [-0.39, 0.29) is 25.5 Å². The predicted molar refractivity (Wildman–Crippen MR) is 182 cm³/mol. The molecule has 5 rings (SSSR count). The van der Waals surface area contributed by atoms with Crippen LogP contribution in [0.2, 0.25) is 0 Å². The molecule has 0 spiro atoms. The van der Waals surface area contributed by atoms with E-state index in [9.17, 15) is 4.79 Å². The average molecular weight is 705 g/mol. The monoisotopic (exact) mass is 703 g/mol. The summed E-state index contributed by atoms with van der Waals surface area (Å²) in [5, 5.41) is 9.09. The lowest BCUT2D eigenvalue weighted by Gasteiger charge is -2.31. The van der Waals surface area contributed by atoms with Crippen molar-refractivity contribution in [3.63, 3.8) is 0 Å². The third kappa shape index (κ3) is 7.70. The number of amides is 1. The zero-order valence-corrected chi connectivity index (χ0v) is 28.1. The molecule has 0 aromatic heterocycles. The van der Waals surface area contributed by atoms with Crippen LogP contribution in [0.25, 0.3) is 0 Å². The molecule has 1 aliphatic rings. The van der Waals surface area contributed by atoms with Gasteiger partial charge in [-0.2, -0.15) is 0 Å². The average Bonchev–Trinajstić information content (AvgIpc) is 3.50. The standard InChI is InChI=1S/C36H38BrN3O7/c1-43-29-12-6-10-25(21-29)33-36(22-26-9-4-5-13-30(26)37,35(42)40-38-23-27-11-7-14-31(44-2)32(27)45-3)39-34(47-33)24-15-17-28(18-16-24)46-20-8-19-41/h4-7,9-18,21,33,38,41H,8,19-20,22-23H2,1-3H3,(H,40,42)/t33-,36-/m0/s1. The van der Waals surface area contributed by atoms with Gasteiger partial charge in [0.1, 0.15) is 11.5 Å². The molecule has 0 fully saturated rings. The van der Waals surface area contributed by atoms with Crippen LogP contribution in [0.5, 0.6) is 23.0 Å². The summed E-state index contributed by atoms with van der Waals surface area (Å²) < 4.78 is 29.7. The molecule has 0 saturated heterocycles. The Kier molecular flexibility index (Phi) is 11.4. The van der Waals surface area contributed by atoms with Crippen LogP contribution in [0.3, 0.4) is 0 Å². The first-order valence-electron chi connectivity index (χ1n) is 15.1. The predicted octanol–water partition coefficient (Wildman–Crippen LogP) is 5.56. The number of nitrogens with zero attached hydrogens (tertiary/aromatic N) is 1. The van der Waals surface area contributed by atoms with Gasteiger partial charge < -0.3 is 28.8 Å². The Morgan fingerprint density at radius 2 is 1.68 bits per heavy atom. The van der Waals surface area contributed by atoms with E-state index in [4.69, 9.17) is 33.8 Å². The van der Waals surface area contributed by atoms with E-state index in [1.807, 2.05) is 91.0 Å². The lowest BCUT2D eigenvalue weighted by Crippen LogP contribution is -2.53. The zero-order valence-electron chi connectivity index (χ0n) is 26.5. The van der Waals surface area contributed by atoms with Crippen LogP contribution in [0.4, 0.5) is 0 Å². The van der Waals surface area contributed by atoms with E-state index in [0.717, 1.165) is 21.2 Å². The van der Waals surface area contributed by atoms with Gasteiger partial charge >= 0.3 is 0 Å². The molecule has 3 N–H and O–H groups in total. The number of hydrogen-bond donors (Lipinski definition) is 3. The van der Waals surface area contributed by atoms with Crippen molar-refractivity contribution in [3.8, 4) is 23.0 Å². The van der Waals surface area contributed by atoms with Crippen molar-refractivity contribution in [2.24, 2.45) is 4.99 Å². The molecule has 1 heterocycles. The third-order valence-corrected chi connectivity index (χ3v) is 8.58. The fraction of sp³-hybridized carbons (Fsp3) is 0.278. The van der Waals surface area contributed by atoms with Gasteiger partial charge in [-0.1, -0.05) is 58.4 Å². The molecule has 10 nitrogen and oxygen atoms in total. The molecule has 47 heavy (non-hydrogen) atoms. The number of ether oxygens (including phenoxy) is 5. The van der Waals surface area contributed by atoms with Crippen LogP contribution in [0.1, 0.15) is 34.8 Å². The van der Waals surface area contributed by atoms with E-state index >= 15 is 0 Å². The lowest BCUT2D eigenvalue weighted by atomic mass is 9.82. The summed E-state index contributed by atoms with van der Waals surface area (Å²) in [5.74, 6) is 2.37. The molecule has 0 radical (unpaired) electrons. The molecule has 0 saturated carbocycles. The molecule has 0 unspecified atom stereocenters. The minimum Gasteiger partial charge on any atom is -0.497 e. The maximum Gasteiger partial charge on any atom is 0.266 e. The van der Waals surface area contributed by atoms with Crippen LogP contribution in [0, 0.1) is 0 Å². The van der Waals surface area contributed by atoms with Crippen molar-refractivity contribution >= 4 is 27.7 Å². The Hall–Kier alpha value is -4.58. The number of methoxy groups -OCH3 is 3. The number of benzene rings is 4. The van der Waals surface area contributed by atoms with E-state index in [1.54, 1.807) is 21.3 Å². The SMILES string of the molecule is COc1cccc([C@@H]2OC(c3ccc(OCCCO)cc3)=N[C@]2(Cc2ccccc2Br)C(=O)NNCc2cccc(OC)c2OC)c1. The maximum absolute atomic E-state index is 14.6. The van der Waals surface area contributed by atoms with Crippen molar-refractivity contribution in [2.45, 2.75) is 31.0 Å². The molecule has 4 aromatic rings. The van der Waals surface area contributed by atoms with Crippen molar-refractivity contribution in [3.05, 3.63) is 118 Å². The number of halogens is 1. The highest BCUT2D eigenvalue weighted by Crippen LogP contribution is 2.44. The van der Waals surface area contributed by atoms with E-state index in [1.165, 1.54) is 0 Å². The van der Waals surface area contributed by atoms with Gasteiger partial charge in [-0.05, 0) is 59.7 Å². The molecular formula is C36H38BrN3O7. The zero-order chi connectivity index (χ0) is 33.2. The van der Waals surface area contributed by atoms with Gasteiger partial charge in [0.15, 0.2) is 23.1 Å². The number of hydrazine groups is 1. The lowest BCUT2D eigenvalue weighted by molar-refractivity contribution is -0.130. The third-order valence-electron chi connectivity index (χ3n) is 7.81. The number of rotatable bonds is 15. The fourth-order valence-corrected chi connectivity index (χ4v) is 5.86. The summed E-state index contributed by atoms with van der Waals surface area (Å²) in [6.45, 7) is 0.712. The largest absolute Gasteiger partial charge is 0.497 e. The van der Waals surface area contributed by atoms with Crippen LogP contribution in [-0.2, 0) is 22.5 Å². The van der Waals surface area contributed by atoms with Gasteiger partial charge in [0.2, 0.25) is 5.90 Å². The van der Waals surface area contributed by atoms with Crippen molar-refractivity contribution in [1.29, 1.82) is 0 Å². The quantitative estimate of drug-likeness (QED) is 0.109. The second-order valence-electron chi connectivity index (χ2n) is 10.8. The highest BCUT2D eigenvalue weighted by molar-refractivity contribution is 9.10. The Morgan fingerprint density at radius 1 is 0.915 bits per heavy atom. The Bertz CT molecular complexity index is 1700. The number of para-hydroxylation sites is 1. The summed E-state index contributed by atoms with van der Waals surface area (Å²) in [6, 6.07) is 28.1. The van der Waals surface area contributed by atoms with E-state index < -0.39 is 11.6 Å². The minimum absolute atomic E-state index is 0.0536. The molecule has 0 bridgehead atoms. The van der Waals surface area contributed by atoms with Crippen LogP contribution in [0.15, 0.2) is 100 Å². The van der Waals surface area contributed by atoms with Gasteiger partial charge in [0, 0.05) is 41.6 Å². The molecule has 1 amide bonds. The van der Waals surface area contributed by atoms with Crippen LogP contribution in [-0.4, -0.2) is 57.0 Å². The summed E-state index contributed by atoms with van der Waals surface area (Å²) >= 11 is 3.67. The first-order valence-corrected chi connectivity index (χ1v) is 15.9. The summed E-state index contributed by atoms with van der Waals surface area (Å²) in [5.41, 5.74) is 7.65. The Labute approximate surface area is 282 Å². The van der Waals surface area contributed by atoms with Gasteiger partial charge in [-0.15, -0.1) is 0 Å². The van der Waals surface area contributed by atoms with E-state index in [2.05, 4.69) is 26.8 Å². The first kappa shape index (κ1) is 33.8. The number of hydrogen-bond acceptors (Lipinski definition) is 9. The molecule has 2 atom stereocenters. The topological polar surface area (TPSA) is 120 Å². The van der Waals surface area contributed by atoms with Crippen molar-refractivity contribution < 1.29 is 33.6 Å².